The molecule has 4 aliphatic rings. The minimum Gasteiger partial charge on any atom is -0.353 e. The number of rotatable bonds is 4. The lowest BCUT2D eigenvalue weighted by atomic mass is 9.87. The summed E-state index contributed by atoms with van der Waals surface area (Å²) in [4.78, 5) is 27.1. The molecule has 1 heterocycles. The molecule has 3 aliphatic carbocycles. The van der Waals surface area contributed by atoms with Gasteiger partial charge in [0.05, 0.1) is 0 Å². The van der Waals surface area contributed by atoms with E-state index in [4.69, 9.17) is 0 Å². The van der Waals surface area contributed by atoms with Crippen LogP contribution in [-0.4, -0.2) is 35.8 Å². The van der Waals surface area contributed by atoms with Crippen LogP contribution < -0.4 is 5.32 Å². The second-order valence-corrected chi connectivity index (χ2v) is 8.80. The number of nitrogens with zero attached hydrogens (tertiary/aromatic N) is 1. The Morgan fingerprint density at radius 3 is 2.29 bits per heavy atom. The SMILES string of the molecule is O=C(CC1CCCC1)NC1CCN(C(=O)[C@H]2C[C@@H]3CC[C@@H]2C3)CC1. The molecule has 0 aromatic rings. The maximum Gasteiger partial charge on any atom is 0.225 e. The van der Waals surface area contributed by atoms with Crippen LogP contribution in [0.15, 0.2) is 0 Å². The van der Waals surface area contributed by atoms with Crippen LogP contribution in [0.1, 0.15) is 70.6 Å². The van der Waals surface area contributed by atoms with E-state index < -0.39 is 0 Å². The van der Waals surface area contributed by atoms with E-state index >= 15 is 0 Å². The van der Waals surface area contributed by atoms with Gasteiger partial charge in [-0.15, -0.1) is 0 Å². The molecule has 0 unspecified atom stereocenters. The molecule has 4 fully saturated rings. The molecule has 1 N–H and O–H groups in total. The van der Waals surface area contributed by atoms with Crippen LogP contribution in [-0.2, 0) is 9.59 Å². The average molecular weight is 332 g/mol. The highest BCUT2D eigenvalue weighted by atomic mass is 16.2. The van der Waals surface area contributed by atoms with Gasteiger partial charge in [-0.3, -0.25) is 9.59 Å². The molecule has 4 nitrogen and oxygen atoms in total. The third-order valence-electron chi connectivity index (χ3n) is 7.18. The van der Waals surface area contributed by atoms with Gasteiger partial charge in [-0.1, -0.05) is 19.3 Å². The molecule has 2 amide bonds. The zero-order chi connectivity index (χ0) is 16.5. The second-order valence-electron chi connectivity index (χ2n) is 8.80. The van der Waals surface area contributed by atoms with Crippen LogP contribution in [0.4, 0.5) is 0 Å². The van der Waals surface area contributed by atoms with Gasteiger partial charge in [-0.2, -0.15) is 0 Å². The molecule has 4 heteroatoms. The summed E-state index contributed by atoms with van der Waals surface area (Å²) in [6.07, 6.45) is 12.7. The fourth-order valence-corrected chi connectivity index (χ4v) is 5.79. The summed E-state index contributed by atoms with van der Waals surface area (Å²) in [7, 11) is 0. The molecule has 0 aromatic heterocycles. The van der Waals surface area contributed by atoms with Crippen molar-refractivity contribution in [2.45, 2.75) is 76.7 Å². The van der Waals surface area contributed by atoms with Crippen molar-refractivity contribution in [3.8, 4) is 0 Å². The van der Waals surface area contributed by atoms with Gasteiger partial charge < -0.3 is 10.2 Å². The molecule has 4 rings (SSSR count). The van der Waals surface area contributed by atoms with Crippen LogP contribution in [0.5, 0.6) is 0 Å². The van der Waals surface area contributed by atoms with Gasteiger partial charge in [0.25, 0.3) is 0 Å². The lowest BCUT2D eigenvalue weighted by molar-refractivity contribution is -0.138. The Hall–Kier alpha value is -1.06. The molecule has 0 radical (unpaired) electrons. The first kappa shape index (κ1) is 16.4. The van der Waals surface area contributed by atoms with Crippen LogP contribution in [0, 0.1) is 23.7 Å². The largest absolute Gasteiger partial charge is 0.353 e. The van der Waals surface area contributed by atoms with Crippen molar-refractivity contribution < 1.29 is 9.59 Å². The van der Waals surface area contributed by atoms with Gasteiger partial charge in [-0.25, -0.2) is 0 Å². The number of hydrogen-bond donors (Lipinski definition) is 1. The first-order valence-corrected chi connectivity index (χ1v) is 10.3. The van der Waals surface area contributed by atoms with Crippen LogP contribution in [0.3, 0.4) is 0 Å². The van der Waals surface area contributed by atoms with E-state index in [9.17, 15) is 9.59 Å². The minimum absolute atomic E-state index is 0.236. The van der Waals surface area contributed by atoms with Crippen molar-refractivity contribution in [1.29, 1.82) is 0 Å². The number of fused-ring (bicyclic) bond motifs is 2. The lowest BCUT2D eigenvalue weighted by Crippen LogP contribution is -2.48. The number of hydrogen-bond acceptors (Lipinski definition) is 2. The van der Waals surface area contributed by atoms with Gasteiger partial charge in [0, 0.05) is 31.5 Å². The first-order valence-electron chi connectivity index (χ1n) is 10.3. The van der Waals surface area contributed by atoms with E-state index in [-0.39, 0.29) is 11.9 Å². The van der Waals surface area contributed by atoms with Crippen molar-refractivity contribution in [3.63, 3.8) is 0 Å². The monoisotopic (exact) mass is 332 g/mol. The summed E-state index contributed by atoms with van der Waals surface area (Å²) in [5, 5.41) is 3.22. The van der Waals surface area contributed by atoms with Crippen molar-refractivity contribution >= 4 is 11.8 Å². The Morgan fingerprint density at radius 2 is 1.67 bits per heavy atom. The number of likely N-dealkylation sites (tertiary alicyclic amines) is 1. The maximum atomic E-state index is 12.8. The summed E-state index contributed by atoms with van der Waals surface area (Å²) in [5.41, 5.74) is 0. The van der Waals surface area contributed by atoms with E-state index in [2.05, 4.69) is 10.2 Å². The van der Waals surface area contributed by atoms with Crippen molar-refractivity contribution in [1.82, 2.24) is 10.2 Å². The summed E-state index contributed by atoms with van der Waals surface area (Å²) in [5.74, 6) is 3.09. The van der Waals surface area contributed by atoms with E-state index in [1.165, 1.54) is 44.9 Å². The van der Waals surface area contributed by atoms with Gasteiger partial charge >= 0.3 is 0 Å². The molecule has 3 saturated carbocycles. The Labute approximate surface area is 145 Å². The highest BCUT2D eigenvalue weighted by Gasteiger charge is 2.44. The smallest absolute Gasteiger partial charge is 0.225 e. The van der Waals surface area contributed by atoms with Crippen molar-refractivity contribution in [2.75, 3.05) is 13.1 Å². The third kappa shape index (κ3) is 3.48. The Kier molecular flexibility index (Phi) is 4.82. The van der Waals surface area contributed by atoms with Crippen LogP contribution in [0.2, 0.25) is 0 Å². The Balaban J connectivity index is 1.20. The Bertz CT molecular complexity index is 478. The normalized spacial score (nSPS) is 34.0. The molecule has 0 spiro atoms. The zero-order valence-electron chi connectivity index (χ0n) is 14.8. The van der Waals surface area contributed by atoms with Gasteiger partial charge in [0.1, 0.15) is 0 Å². The van der Waals surface area contributed by atoms with Gasteiger partial charge in [-0.05, 0) is 62.7 Å². The minimum atomic E-state index is 0.236. The first-order chi connectivity index (χ1) is 11.7. The lowest BCUT2D eigenvalue weighted by Gasteiger charge is -2.35. The zero-order valence-corrected chi connectivity index (χ0v) is 14.8. The van der Waals surface area contributed by atoms with Gasteiger partial charge in [0.2, 0.25) is 11.8 Å². The second kappa shape index (κ2) is 7.05. The molecule has 134 valence electrons. The fourth-order valence-electron chi connectivity index (χ4n) is 5.79. The molecule has 0 aromatic carbocycles. The molecular weight excluding hydrogens is 300 g/mol. The van der Waals surface area contributed by atoms with E-state index in [0.717, 1.165) is 38.3 Å². The predicted octanol–water partition coefficient (Wildman–Crippen LogP) is 3.11. The van der Waals surface area contributed by atoms with E-state index in [1.54, 1.807) is 0 Å². The van der Waals surface area contributed by atoms with Crippen molar-refractivity contribution in [3.05, 3.63) is 0 Å². The molecule has 2 bridgehead atoms. The topological polar surface area (TPSA) is 49.4 Å². The third-order valence-corrected chi connectivity index (χ3v) is 7.18. The number of piperidine rings is 1. The molecule has 24 heavy (non-hydrogen) atoms. The molecular formula is C20H32N2O2. The maximum absolute atomic E-state index is 12.8. The van der Waals surface area contributed by atoms with E-state index in [0.29, 0.717) is 30.1 Å². The number of amides is 2. The van der Waals surface area contributed by atoms with E-state index in [1.807, 2.05) is 0 Å². The van der Waals surface area contributed by atoms with Crippen LogP contribution >= 0.6 is 0 Å². The predicted molar refractivity (Wildman–Crippen MR) is 93.3 cm³/mol. The Morgan fingerprint density at radius 1 is 0.917 bits per heavy atom. The quantitative estimate of drug-likeness (QED) is 0.860. The fraction of sp³-hybridized carbons (Fsp3) is 0.900. The average Bonchev–Trinajstić information content (AvgIpc) is 3.32. The number of carbonyl (C=O) groups is 2. The van der Waals surface area contributed by atoms with Gasteiger partial charge in [0.15, 0.2) is 0 Å². The summed E-state index contributed by atoms with van der Waals surface area (Å²) >= 11 is 0. The standard InChI is InChI=1S/C20H32N2O2/c23-19(13-14-3-1-2-4-14)21-17-7-9-22(10-8-17)20(24)18-12-15-5-6-16(18)11-15/h14-18H,1-13H2,(H,21,23)/t15-,16-,18+/m1/s1. The highest BCUT2D eigenvalue weighted by molar-refractivity contribution is 5.80. The summed E-state index contributed by atoms with van der Waals surface area (Å²) < 4.78 is 0. The highest BCUT2D eigenvalue weighted by Crippen LogP contribution is 2.49. The number of carbonyl (C=O) groups excluding carboxylic acids is 2. The molecule has 1 saturated heterocycles. The summed E-state index contributed by atoms with van der Waals surface area (Å²) in [6, 6.07) is 0.281. The summed E-state index contributed by atoms with van der Waals surface area (Å²) in [6.45, 7) is 1.67. The molecule has 3 atom stereocenters. The van der Waals surface area contributed by atoms with Crippen LogP contribution in [0.25, 0.3) is 0 Å². The molecule has 1 aliphatic heterocycles. The van der Waals surface area contributed by atoms with Crippen molar-refractivity contribution in [2.24, 2.45) is 23.7 Å². The number of nitrogens with one attached hydrogen (secondary N) is 1.